The van der Waals surface area contributed by atoms with E-state index in [1.807, 2.05) is 0 Å². The first-order valence-electron chi connectivity index (χ1n) is 27.9. The van der Waals surface area contributed by atoms with Crippen molar-refractivity contribution in [3.63, 3.8) is 0 Å². The van der Waals surface area contributed by atoms with Crippen molar-refractivity contribution in [2.75, 3.05) is 4.90 Å². The predicted octanol–water partition coefficient (Wildman–Crippen LogP) is 20.9. The monoisotopic (exact) mass is 1020 g/mol. The van der Waals surface area contributed by atoms with Crippen LogP contribution in [0, 0.1) is 0 Å². The molecule has 0 saturated heterocycles. The number of rotatable bonds is 7. The Morgan fingerprint density at radius 3 is 1.41 bits per heavy atom. The standard InChI is InChI=1S/C78H53NO/c1-77(2)67-31-15-14-30-66(67)74-69(77)33-18-34-73(74)79(61-47-58(50-19-5-3-6-20-50)45-59(48-61)51-21-7-4-8-22-51)60-26-17-25-56(46-60)52-35-37-53(38-36-52)57-39-42-65-64-29-13-16-32-68(64)78(72(65)49-57)70-43-40-54-23-9-11-27-62(54)75(70)80-76-63-28-12-10-24-55(63)41-44-71(76)78/h3-49H,1-2H3. The first-order valence-corrected chi connectivity index (χ1v) is 27.9. The lowest BCUT2D eigenvalue weighted by Crippen LogP contribution is -2.32. The molecule has 1 heterocycles. The highest BCUT2D eigenvalue weighted by atomic mass is 16.5. The lowest BCUT2D eigenvalue weighted by Gasteiger charge is -2.40. The number of hydrogen-bond acceptors (Lipinski definition) is 2. The zero-order valence-electron chi connectivity index (χ0n) is 44.5. The molecule has 2 heteroatoms. The molecule has 0 unspecified atom stereocenters. The van der Waals surface area contributed by atoms with Crippen LogP contribution in [-0.2, 0) is 10.8 Å². The van der Waals surface area contributed by atoms with Gasteiger partial charge in [0.1, 0.15) is 11.5 Å². The second-order valence-corrected chi connectivity index (χ2v) is 22.3. The van der Waals surface area contributed by atoms with Crippen molar-refractivity contribution in [1.82, 2.24) is 0 Å². The molecule has 0 fully saturated rings. The fraction of sp³-hybridized carbons (Fsp3) is 0.0513. The molecule has 2 aliphatic carbocycles. The molecular weight excluding hydrogens is 967 g/mol. The molecule has 13 aromatic rings. The van der Waals surface area contributed by atoms with E-state index in [0.29, 0.717) is 0 Å². The van der Waals surface area contributed by atoms with Gasteiger partial charge in [-0.1, -0.05) is 257 Å². The third-order valence-electron chi connectivity index (χ3n) is 17.7. The molecule has 80 heavy (non-hydrogen) atoms. The summed E-state index contributed by atoms with van der Waals surface area (Å²) < 4.78 is 7.25. The fourth-order valence-corrected chi connectivity index (χ4v) is 13.9. The van der Waals surface area contributed by atoms with Crippen molar-refractivity contribution in [3.05, 3.63) is 318 Å². The first kappa shape index (κ1) is 46.1. The minimum Gasteiger partial charge on any atom is -0.455 e. The molecule has 0 amide bonds. The molecule has 3 aliphatic rings. The molecule has 16 rings (SSSR count). The van der Waals surface area contributed by atoms with E-state index in [0.717, 1.165) is 66.8 Å². The Balaban J connectivity index is 0.844. The normalized spacial score (nSPS) is 13.7. The smallest absolute Gasteiger partial charge is 0.140 e. The van der Waals surface area contributed by atoms with Crippen molar-refractivity contribution in [2.45, 2.75) is 24.7 Å². The van der Waals surface area contributed by atoms with Crippen molar-refractivity contribution in [1.29, 1.82) is 0 Å². The zero-order chi connectivity index (χ0) is 53.1. The minimum absolute atomic E-state index is 0.161. The molecule has 1 aliphatic heterocycles. The lowest BCUT2D eigenvalue weighted by molar-refractivity contribution is 0.447. The van der Waals surface area contributed by atoms with Gasteiger partial charge < -0.3 is 9.64 Å². The van der Waals surface area contributed by atoms with Gasteiger partial charge in [0.2, 0.25) is 0 Å². The highest BCUT2D eigenvalue weighted by Crippen LogP contribution is 2.64. The quantitative estimate of drug-likeness (QED) is 0.158. The van der Waals surface area contributed by atoms with E-state index in [2.05, 4.69) is 304 Å². The van der Waals surface area contributed by atoms with Crippen molar-refractivity contribution >= 4 is 38.6 Å². The van der Waals surface area contributed by atoms with Crippen LogP contribution in [0.15, 0.2) is 285 Å². The number of hydrogen-bond donors (Lipinski definition) is 0. The van der Waals surface area contributed by atoms with Crippen LogP contribution in [-0.4, -0.2) is 0 Å². The summed E-state index contributed by atoms with van der Waals surface area (Å²) in [4.78, 5) is 2.50. The van der Waals surface area contributed by atoms with Gasteiger partial charge in [0, 0.05) is 44.3 Å². The van der Waals surface area contributed by atoms with Gasteiger partial charge >= 0.3 is 0 Å². The maximum Gasteiger partial charge on any atom is 0.140 e. The molecule has 2 nitrogen and oxygen atoms in total. The van der Waals surface area contributed by atoms with Gasteiger partial charge in [0.25, 0.3) is 0 Å². The van der Waals surface area contributed by atoms with Crippen molar-refractivity contribution in [2.24, 2.45) is 0 Å². The second kappa shape index (κ2) is 17.8. The fourth-order valence-electron chi connectivity index (χ4n) is 13.9. The Morgan fingerprint density at radius 1 is 0.287 bits per heavy atom. The molecule has 376 valence electrons. The summed E-state index contributed by atoms with van der Waals surface area (Å²) in [6.45, 7) is 4.73. The average Bonchev–Trinajstić information content (AvgIpc) is 4.00. The Morgan fingerprint density at radius 2 is 0.762 bits per heavy atom. The summed E-state index contributed by atoms with van der Waals surface area (Å²) in [5.74, 6) is 1.85. The van der Waals surface area contributed by atoms with Gasteiger partial charge in [0.05, 0.1) is 11.1 Å². The van der Waals surface area contributed by atoms with Gasteiger partial charge in [-0.3, -0.25) is 0 Å². The molecule has 13 aromatic carbocycles. The molecule has 0 saturated carbocycles. The van der Waals surface area contributed by atoms with Gasteiger partial charge in [0.15, 0.2) is 0 Å². The van der Waals surface area contributed by atoms with Gasteiger partial charge in [-0.15, -0.1) is 0 Å². The third kappa shape index (κ3) is 6.85. The topological polar surface area (TPSA) is 12.5 Å². The van der Waals surface area contributed by atoms with Gasteiger partial charge in [-0.2, -0.15) is 0 Å². The second-order valence-electron chi connectivity index (χ2n) is 22.3. The van der Waals surface area contributed by atoms with Crippen LogP contribution in [0.2, 0.25) is 0 Å². The Bertz CT molecular complexity index is 4500. The lowest BCUT2D eigenvalue weighted by atomic mass is 9.65. The maximum atomic E-state index is 7.25. The molecule has 0 aromatic heterocycles. The van der Waals surface area contributed by atoms with E-state index in [1.165, 1.54) is 83.5 Å². The summed E-state index contributed by atoms with van der Waals surface area (Å²) in [5.41, 5.74) is 24.6. The average molecular weight is 1020 g/mol. The van der Waals surface area contributed by atoms with E-state index < -0.39 is 5.41 Å². The minimum atomic E-state index is -0.621. The highest BCUT2D eigenvalue weighted by Gasteiger charge is 2.52. The summed E-state index contributed by atoms with van der Waals surface area (Å²) >= 11 is 0. The summed E-state index contributed by atoms with van der Waals surface area (Å²) in [5, 5.41) is 4.56. The van der Waals surface area contributed by atoms with Crippen molar-refractivity contribution in [3.8, 4) is 78.3 Å². The van der Waals surface area contributed by atoms with Crippen molar-refractivity contribution < 1.29 is 4.74 Å². The van der Waals surface area contributed by atoms with Crippen LogP contribution < -0.4 is 9.64 Å². The molecule has 0 bridgehead atoms. The van der Waals surface area contributed by atoms with Crippen LogP contribution in [0.5, 0.6) is 11.5 Å². The largest absolute Gasteiger partial charge is 0.455 e. The summed E-state index contributed by atoms with van der Waals surface area (Å²) in [6.07, 6.45) is 0. The van der Waals surface area contributed by atoms with Crippen LogP contribution in [0.3, 0.4) is 0 Å². The first-order chi connectivity index (χ1) is 39.4. The molecule has 0 atom stereocenters. The summed E-state index contributed by atoms with van der Waals surface area (Å²) in [7, 11) is 0. The van der Waals surface area contributed by atoms with E-state index in [4.69, 9.17) is 4.74 Å². The number of nitrogens with zero attached hydrogens (tertiary/aromatic N) is 1. The SMILES string of the molecule is CC1(C)c2ccccc2-c2c(N(c3cccc(-c4ccc(-c5ccc6c(c5)C5(c7ccccc7-6)c6ccc7ccccc7c6Oc6c5ccc5ccccc65)cc4)c3)c3cc(-c4ccccc4)cc(-c4ccccc4)c3)cccc21. The van der Waals surface area contributed by atoms with Gasteiger partial charge in [-0.05, 0) is 137 Å². The Hall–Kier alpha value is -10.0. The van der Waals surface area contributed by atoms with E-state index in [9.17, 15) is 0 Å². The number of ether oxygens (including phenoxy) is 1. The van der Waals surface area contributed by atoms with E-state index >= 15 is 0 Å². The molecule has 0 N–H and O–H groups in total. The molecule has 0 radical (unpaired) electrons. The predicted molar refractivity (Wildman–Crippen MR) is 333 cm³/mol. The van der Waals surface area contributed by atoms with Crippen LogP contribution in [0.4, 0.5) is 17.1 Å². The highest BCUT2D eigenvalue weighted by molar-refractivity contribution is 6.01. The number of fused-ring (bicyclic) bond motifs is 16. The third-order valence-corrected chi connectivity index (χ3v) is 17.7. The molecule has 1 spiro atoms. The van der Waals surface area contributed by atoms with Gasteiger partial charge in [-0.25, -0.2) is 0 Å². The van der Waals surface area contributed by atoms with Crippen LogP contribution in [0.1, 0.15) is 47.2 Å². The Kier molecular flexibility index (Phi) is 10.2. The summed E-state index contributed by atoms with van der Waals surface area (Å²) in [6, 6.07) is 106. The van der Waals surface area contributed by atoms with Crippen LogP contribution in [0.25, 0.3) is 88.3 Å². The zero-order valence-corrected chi connectivity index (χ0v) is 44.5. The number of anilines is 3. The van der Waals surface area contributed by atoms with E-state index in [-0.39, 0.29) is 5.41 Å². The van der Waals surface area contributed by atoms with E-state index in [1.54, 1.807) is 0 Å². The Labute approximate surface area is 467 Å². The maximum absolute atomic E-state index is 7.25. The number of benzene rings is 13. The molecular formula is C78H53NO. The van der Waals surface area contributed by atoms with Crippen LogP contribution >= 0.6 is 0 Å².